The average molecular weight is 331 g/mol. The van der Waals surface area contributed by atoms with Crippen molar-refractivity contribution in [1.29, 1.82) is 0 Å². The van der Waals surface area contributed by atoms with Gasteiger partial charge in [0.05, 0.1) is 5.75 Å². The topological polar surface area (TPSA) is 75.3 Å². The van der Waals surface area contributed by atoms with E-state index in [2.05, 4.69) is 10.0 Å². The monoisotopic (exact) mass is 330 g/mol. The van der Waals surface area contributed by atoms with E-state index in [-0.39, 0.29) is 29.5 Å². The number of benzene rings is 1. The lowest BCUT2D eigenvalue weighted by atomic mass is 10.2. The lowest BCUT2D eigenvalue weighted by molar-refractivity contribution is 0.0951. The van der Waals surface area contributed by atoms with Crippen LogP contribution in [0.15, 0.2) is 24.3 Å². The van der Waals surface area contributed by atoms with Crippen molar-refractivity contribution in [3.8, 4) is 0 Å². The first kappa shape index (κ1) is 16.1. The van der Waals surface area contributed by atoms with Crippen molar-refractivity contribution < 1.29 is 13.2 Å². The zero-order chi connectivity index (χ0) is 15.5. The molecule has 2 rings (SSSR count). The molecule has 0 aromatic heterocycles. The lowest BCUT2D eigenvalue weighted by Gasteiger charge is -2.12. The molecule has 0 heterocycles. The highest BCUT2D eigenvalue weighted by atomic mass is 35.5. The second-order valence-electron chi connectivity index (χ2n) is 5.47. The molecule has 1 amide bonds. The molecule has 0 saturated heterocycles. The van der Waals surface area contributed by atoms with Crippen LogP contribution in [0.1, 0.15) is 30.1 Å². The maximum Gasteiger partial charge on any atom is 0.251 e. The van der Waals surface area contributed by atoms with Gasteiger partial charge in [-0.2, -0.15) is 0 Å². The molecule has 1 aromatic rings. The molecule has 0 spiro atoms. The minimum atomic E-state index is -3.47. The van der Waals surface area contributed by atoms with Gasteiger partial charge in [-0.3, -0.25) is 9.52 Å². The summed E-state index contributed by atoms with van der Waals surface area (Å²) >= 11 is 5.64. The number of halogens is 1. The Morgan fingerprint density at radius 1 is 1.43 bits per heavy atom. The third kappa shape index (κ3) is 5.21. The number of anilines is 1. The molecule has 1 fully saturated rings. The van der Waals surface area contributed by atoms with E-state index in [4.69, 9.17) is 11.6 Å². The van der Waals surface area contributed by atoms with Gasteiger partial charge in [0.15, 0.2) is 0 Å². The van der Waals surface area contributed by atoms with Crippen LogP contribution < -0.4 is 10.0 Å². The molecule has 1 aromatic carbocycles. The quantitative estimate of drug-likeness (QED) is 0.752. The third-order valence-corrected chi connectivity index (χ3v) is 5.16. The summed E-state index contributed by atoms with van der Waals surface area (Å²) in [6.45, 7) is 1.77. The number of hydrogen-bond donors (Lipinski definition) is 2. The fourth-order valence-electron chi connectivity index (χ4n) is 1.86. The van der Waals surface area contributed by atoms with Crippen LogP contribution in [-0.2, 0) is 10.0 Å². The summed E-state index contributed by atoms with van der Waals surface area (Å²) < 4.78 is 26.4. The van der Waals surface area contributed by atoms with E-state index in [1.165, 1.54) is 0 Å². The molecule has 2 N–H and O–H groups in total. The smallest absolute Gasteiger partial charge is 0.251 e. The molecule has 0 aliphatic heterocycles. The third-order valence-electron chi connectivity index (χ3n) is 3.08. The van der Waals surface area contributed by atoms with E-state index in [0.717, 1.165) is 12.8 Å². The van der Waals surface area contributed by atoms with Crippen LogP contribution in [0, 0.1) is 5.92 Å². The second kappa shape index (κ2) is 6.66. The number of alkyl halides is 1. The van der Waals surface area contributed by atoms with Gasteiger partial charge in [-0.15, -0.1) is 11.6 Å². The van der Waals surface area contributed by atoms with Crippen LogP contribution in [0.4, 0.5) is 5.69 Å². The van der Waals surface area contributed by atoms with Gasteiger partial charge >= 0.3 is 0 Å². The van der Waals surface area contributed by atoms with E-state index >= 15 is 0 Å². The maximum absolute atomic E-state index is 12.0. The van der Waals surface area contributed by atoms with Crippen LogP contribution in [0.3, 0.4) is 0 Å². The minimum absolute atomic E-state index is 0.0466. The van der Waals surface area contributed by atoms with Gasteiger partial charge in [-0.25, -0.2) is 8.42 Å². The minimum Gasteiger partial charge on any atom is -0.349 e. The Kier molecular flexibility index (Phi) is 5.11. The summed E-state index contributed by atoms with van der Waals surface area (Å²) in [5.41, 5.74) is 0.840. The number of sulfonamides is 1. The van der Waals surface area contributed by atoms with E-state index in [1.54, 1.807) is 31.2 Å². The molecule has 1 atom stereocenters. The molecule has 7 heteroatoms. The zero-order valence-corrected chi connectivity index (χ0v) is 13.4. The van der Waals surface area contributed by atoms with Gasteiger partial charge in [0.1, 0.15) is 0 Å². The molecule has 1 unspecified atom stereocenters. The number of hydrogen-bond acceptors (Lipinski definition) is 3. The highest BCUT2D eigenvalue weighted by Gasteiger charge is 2.24. The van der Waals surface area contributed by atoms with E-state index in [9.17, 15) is 13.2 Å². The number of nitrogens with one attached hydrogen (secondary N) is 2. The van der Waals surface area contributed by atoms with E-state index in [1.807, 2.05) is 0 Å². The number of amides is 1. The van der Waals surface area contributed by atoms with Crippen LogP contribution in [0.25, 0.3) is 0 Å². The van der Waals surface area contributed by atoms with Gasteiger partial charge in [-0.1, -0.05) is 13.0 Å². The summed E-state index contributed by atoms with van der Waals surface area (Å²) in [6.07, 6.45) is 2.02. The molecule has 1 aliphatic rings. The average Bonchev–Trinajstić information content (AvgIpc) is 3.21. The van der Waals surface area contributed by atoms with Gasteiger partial charge in [0.25, 0.3) is 5.91 Å². The maximum atomic E-state index is 12.0. The van der Waals surface area contributed by atoms with E-state index < -0.39 is 10.0 Å². The first-order valence-corrected chi connectivity index (χ1v) is 9.05. The Bertz CT molecular complexity index is 614. The fourth-order valence-corrected chi connectivity index (χ4v) is 3.54. The Morgan fingerprint density at radius 2 is 2.14 bits per heavy atom. The first-order chi connectivity index (χ1) is 9.89. The van der Waals surface area contributed by atoms with Crippen LogP contribution in [0.5, 0.6) is 0 Å². The molecule has 21 heavy (non-hydrogen) atoms. The summed E-state index contributed by atoms with van der Waals surface area (Å²) in [7, 11) is -3.47. The summed E-state index contributed by atoms with van der Waals surface area (Å²) in [4.78, 5) is 11.9. The van der Waals surface area contributed by atoms with Crippen molar-refractivity contribution in [3.63, 3.8) is 0 Å². The van der Waals surface area contributed by atoms with Crippen molar-refractivity contribution in [2.24, 2.45) is 5.92 Å². The number of carbonyl (C=O) groups is 1. The van der Waals surface area contributed by atoms with Crippen molar-refractivity contribution in [2.45, 2.75) is 25.8 Å². The van der Waals surface area contributed by atoms with Gasteiger partial charge in [0.2, 0.25) is 10.0 Å². The Balaban J connectivity index is 2.04. The van der Waals surface area contributed by atoms with Gasteiger partial charge in [-0.05, 0) is 37.0 Å². The SMILES string of the molecule is CC(CCl)CS(=O)(=O)Nc1cccc(C(=O)NC2CC2)c1. The van der Waals surface area contributed by atoms with E-state index in [0.29, 0.717) is 11.3 Å². The van der Waals surface area contributed by atoms with Crippen LogP contribution in [-0.4, -0.2) is 32.0 Å². The molecule has 1 saturated carbocycles. The Hall–Kier alpha value is -1.27. The molecule has 1 aliphatic carbocycles. The molecule has 0 bridgehead atoms. The standard InChI is InChI=1S/C14H19ClN2O3S/c1-10(8-15)9-21(19,20)17-13-4-2-3-11(7-13)14(18)16-12-5-6-12/h2-4,7,10,12,17H,5-6,8-9H2,1H3,(H,16,18). The number of carbonyl (C=O) groups excluding carboxylic acids is 1. The number of rotatable bonds is 7. The van der Waals surface area contributed by atoms with Crippen molar-refractivity contribution in [1.82, 2.24) is 5.32 Å². The lowest BCUT2D eigenvalue weighted by Crippen LogP contribution is -2.26. The summed E-state index contributed by atoms with van der Waals surface area (Å²) in [5.74, 6) is -0.0714. The van der Waals surface area contributed by atoms with Crippen LogP contribution in [0.2, 0.25) is 0 Å². The first-order valence-electron chi connectivity index (χ1n) is 6.87. The van der Waals surface area contributed by atoms with Gasteiger partial charge in [0, 0.05) is 23.2 Å². The van der Waals surface area contributed by atoms with Crippen LogP contribution >= 0.6 is 11.6 Å². The summed E-state index contributed by atoms with van der Waals surface area (Å²) in [6, 6.07) is 6.75. The van der Waals surface area contributed by atoms with Crippen molar-refractivity contribution >= 4 is 33.2 Å². The normalized spacial score (nSPS) is 16.3. The zero-order valence-electron chi connectivity index (χ0n) is 11.8. The molecule has 0 radical (unpaired) electrons. The molecular formula is C14H19ClN2O3S. The van der Waals surface area contributed by atoms with Crippen molar-refractivity contribution in [3.05, 3.63) is 29.8 Å². The van der Waals surface area contributed by atoms with Gasteiger partial charge < -0.3 is 5.32 Å². The molecular weight excluding hydrogens is 312 g/mol. The molecule has 116 valence electrons. The highest BCUT2D eigenvalue weighted by molar-refractivity contribution is 7.92. The molecule has 5 nitrogen and oxygen atoms in total. The Labute approximate surface area is 130 Å². The summed E-state index contributed by atoms with van der Waals surface area (Å²) in [5, 5.41) is 2.87. The Morgan fingerprint density at radius 3 is 2.76 bits per heavy atom. The largest absolute Gasteiger partial charge is 0.349 e. The van der Waals surface area contributed by atoms with Crippen molar-refractivity contribution in [2.75, 3.05) is 16.4 Å². The predicted molar refractivity (Wildman–Crippen MR) is 84.2 cm³/mol. The predicted octanol–water partition coefficient (Wildman–Crippen LogP) is 2.20. The second-order valence-corrected chi connectivity index (χ2v) is 7.55. The fraction of sp³-hybridized carbons (Fsp3) is 0.500. The highest BCUT2D eigenvalue weighted by Crippen LogP contribution is 2.20.